The number of carboxylic acids is 1. The average Bonchev–Trinajstić information content (AvgIpc) is 2.77. The summed E-state index contributed by atoms with van der Waals surface area (Å²) in [5, 5.41) is 23.6. The lowest BCUT2D eigenvalue weighted by Crippen LogP contribution is -2.56. The van der Waals surface area contributed by atoms with Gasteiger partial charge in [0, 0.05) is 11.4 Å². The van der Waals surface area contributed by atoms with Crippen LogP contribution in [-0.2, 0) is 4.79 Å². The molecular formula is C12H16N2O5S. The van der Waals surface area contributed by atoms with E-state index in [0.29, 0.717) is 0 Å². The highest BCUT2D eigenvalue weighted by Crippen LogP contribution is 2.31. The molecule has 0 aliphatic heterocycles. The van der Waals surface area contributed by atoms with Crippen molar-refractivity contribution in [3.8, 4) is 0 Å². The monoisotopic (exact) mass is 300 g/mol. The molecule has 0 spiro atoms. The Morgan fingerprint density at radius 1 is 1.35 bits per heavy atom. The van der Waals surface area contributed by atoms with Crippen molar-refractivity contribution >= 4 is 28.2 Å². The molecule has 0 bridgehead atoms. The lowest BCUT2D eigenvalue weighted by molar-refractivity contribution is -0.380. The summed E-state index contributed by atoms with van der Waals surface area (Å²) in [6.07, 6.45) is 0. The average molecular weight is 300 g/mol. The second-order valence-corrected chi connectivity index (χ2v) is 6.33. The van der Waals surface area contributed by atoms with Gasteiger partial charge >= 0.3 is 11.0 Å². The van der Waals surface area contributed by atoms with Crippen LogP contribution in [0.1, 0.15) is 38.1 Å². The molecule has 20 heavy (non-hydrogen) atoms. The Balaban J connectivity index is 2.94. The summed E-state index contributed by atoms with van der Waals surface area (Å²) in [6.45, 7) is 6.21. The van der Waals surface area contributed by atoms with E-state index in [1.54, 1.807) is 13.8 Å². The van der Waals surface area contributed by atoms with E-state index >= 15 is 0 Å². The van der Waals surface area contributed by atoms with Crippen LogP contribution < -0.4 is 5.32 Å². The van der Waals surface area contributed by atoms with Crippen molar-refractivity contribution in [2.24, 2.45) is 5.41 Å². The minimum atomic E-state index is -1.19. The van der Waals surface area contributed by atoms with Gasteiger partial charge in [-0.25, -0.2) is 0 Å². The molecule has 2 N–H and O–H groups in total. The Kier molecular flexibility index (Phi) is 4.18. The Labute approximate surface area is 119 Å². The molecule has 0 atom stereocenters. The molecule has 0 aliphatic carbocycles. The Morgan fingerprint density at radius 3 is 2.30 bits per heavy atom. The van der Waals surface area contributed by atoms with Gasteiger partial charge in [0.2, 0.25) is 0 Å². The second kappa shape index (κ2) is 5.20. The summed E-state index contributed by atoms with van der Waals surface area (Å²) in [6, 6.07) is 1.17. The molecule has 0 radical (unpaired) electrons. The number of nitrogens with one attached hydrogen (secondary N) is 1. The molecule has 1 aromatic rings. The van der Waals surface area contributed by atoms with Gasteiger partial charge in [0.25, 0.3) is 5.91 Å². The van der Waals surface area contributed by atoms with Crippen molar-refractivity contribution in [3.05, 3.63) is 27.1 Å². The first kappa shape index (κ1) is 16.1. The van der Waals surface area contributed by atoms with Crippen LogP contribution in [0, 0.1) is 15.5 Å². The zero-order valence-electron chi connectivity index (χ0n) is 11.6. The van der Waals surface area contributed by atoms with Crippen LogP contribution in [0.5, 0.6) is 0 Å². The van der Waals surface area contributed by atoms with E-state index < -0.39 is 27.8 Å². The number of aliphatic carboxylic acids is 1. The van der Waals surface area contributed by atoms with E-state index in [-0.39, 0.29) is 10.6 Å². The number of carbonyl (C=O) groups excluding carboxylic acids is 1. The molecule has 110 valence electrons. The first-order valence-corrected chi connectivity index (χ1v) is 6.66. The number of rotatable bonds is 5. The molecule has 7 nitrogen and oxygen atoms in total. The largest absolute Gasteiger partial charge is 0.481 e. The highest BCUT2D eigenvalue weighted by atomic mass is 32.1. The highest BCUT2D eigenvalue weighted by molar-refractivity contribution is 7.13. The summed E-state index contributed by atoms with van der Waals surface area (Å²) < 4.78 is 0. The van der Waals surface area contributed by atoms with Crippen LogP contribution in [-0.4, -0.2) is 27.4 Å². The van der Waals surface area contributed by atoms with E-state index in [4.69, 9.17) is 0 Å². The fraction of sp³-hybridized carbons (Fsp3) is 0.500. The third-order valence-electron chi connectivity index (χ3n) is 3.55. The lowest BCUT2D eigenvalue weighted by atomic mass is 9.74. The normalized spacial score (nSPS) is 12.0. The number of amides is 1. The van der Waals surface area contributed by atoms with E-state index in [0.717, 1.165) is 11.3 Å². The molecule has 0 unspecified atom stereocenters. The number of thiophene rings is 1. The Morgan fingerprint density at radius 2 is 1.90 bits per heavy atom. The molecule has 1 heterocycles. The number of nitro groups is 1. The van der Waals surface area contributed by atoms with Crippen LogP contribution in [0.2, 0.25) is 0 Å². The Bertz CT molecular complexity index is 562. The van der Waals surface area contributed by atoms with Gasteiger partial charge in [0.05, 0.1) is 21.4 Å². The zero-order chi connectivity index (χ0) is 15.7. The van der Waals surface area contributed by atoms with Crippen LogP contribution in [0.3, 0.4) is 0 Å². The van der Waals surface area contributed by atoms with Gasteiger partial charge in [-0.3, -0.25) is 19.7 Å². The highest BCUT2D eigenvalue weighted by Gasteiger charge is 2.44. The van der Waals surface area contributed by atoms with Gasteiger partial charge in [0.15, 0.2) is 0 Å². The molecular weight excluding hydrogens is 284 g/mol. The van der Waals surface area contributed by atoms with Crippen molar-refractivity contribution in [2.75, 3.05) is 0 Å². The van der Waals surface area contributed by atoms with E-state index in [2.05, 4.69) is 5.32 Å². The first-order valence-electron chi connectivity index (χ1n) is 5.78. The number of hydrogen-bond donors (Lipinski definition) is 2. The molecule has 0 saturated carbocycles. The van der Waals surface area contributed by atoms with Gasteiger partial charge in [0.1, 0.15) is 0 Å². The van der Waals surface area contributed by atoms with Crippen molar-refractivity contribution in [2.45, 2.75) is 33.2 Å². The van der Waals surface area contributed by atoms with E-state index in [1.807, 2.05) is 0 Å². The van der Waals surface area contributed by atoms with Crippen molar-refractivity contribution in [3.63, 3.8) is 0 Å². The maximum absolute atomic E-state index is 12.0. The number of carbonyl (C=O) groups is 2. The van der Waals surface area contributed by atoms with Gasteiger partial charge in [-0.15, -0.1) is 0 Å². The molecule has 0 aromatic carbocycles. The second-order valence-electron chi connectivity index (χ2n) is 5.44. The minimum Gasteiger partial charge on any atom is -0.481 e. The number of nitrogens with zero attached hydrogens (tertiary/aromatic N) is 1. The summed E-state index contributed by atoms with van der Waals surface area (Å²) in [7, 11) is 0. The predicted octanol–water partition coefficient (Wildman–Crippen LogP) is 2.28. The quantitative estimate of drug-likeness (QED) is 0.640. The molecule has 1 aromatic heterocycles. The standard InChI is InChI=1S/C12H16N2O5S/c1-11(2,10(16)17)12(3,4)13-9(15)7-5-8(14(18)19)20-6-7/h5-6H,1-4H3,(H,13,15)(H,16,17). The Hall–Kier alpha value is -1.96. The summed E-state index contributed by atoms with van der Waals surface area (Å²) in [4.78, 5) is 33.3. The van der Waals surface area contributed by atoms with Gasteiger partial charge in [-0.2, -0.15) is 0 Å². The van der Waals surface area contributed by atoms with Gasteiger partial charge in [-0.05, 0) is 27.7 Å². The third-order valence-corrected chi connectivity index (χ3v) is 4.43. The predicted molar refractivity (Wildman–Crippen MR) is 73.9 cm³/mol. The summed E-state index contributed by atoms with van der Waals surface area (Å²) >= 11 is 0.850. The minimum absolute atomic E-state index is 0.134. The van der Waals surface area contributed by atoms with Crippen molar-refractivity contribution in [1.29, 1.82) is 0 Å². The zero-order valence-corrected chi connectivity index (χ0v) is 12.4. The third kappa shape index (κ3) is 2.96. The maximum Gasteiger partial charge on any atom is 0.324 e. The van der Waals surface area contributed by atoms with E-state index in [9.17, 15) is 24.8 Å². The molecule has 1 rings (SSSR count). The first-order chi connectivity index (χ1) is 8.99. The fourth-order valence-electron chi connectivity index (χ4n) is 1.32. The van der Waals surface area contributed by atoms with Gasteiger partial charge < -0.3 is 10.4 Å². The van der Waals surface area contributed by atoms with Crippen LogP contribution in [0.15, 0.2) is 11.4 Å². The maximum atomic E-state index is 12.0. The topological polar surface area (TPSA) is 110 Å². The summed E-state index contributed by atoms with van der Waals surface area (Å²) in [5.41, 5.74) is -2.06. The smallest absolute Gasteiger partial charge is 0.324 e. The fourth-order valence-corrected chi connectivity index (χ4v) is 2.02. The van der Waals surface area contributed by atoms with Crippen LogP contribution in [0.25, 0.3) is 0 Å². The SMILES string of the molecule is CC(C)(NC(=O)c1csc([N+](=O)[O-])c1)C(C)(C)C(=O)O. The van der Waals surface area contributed by atoms with Crippen molar-refractivity contribution < 1.29 is 19.6 Å². The van der Waals surface area contributed by atoms with Crippen molar-refractivity contribution in [1.82, 2.24) is 5.32 Å². The molecule has 0 fully saturated rings. The van der Waals surface area contributed by atoms with Crippen LogP contribution >= 0.6 is 11.3 Å². The molecule has 0 aliphatic rings. The van der Waals surface area contributed by atoms with Gasteiger partial charge in [-0.1, -0.05) is 11.3 Å². The molecule has 8 heteroatoms. The molecule has 0 saturated heterocycles. The molecule has 1 amide bonds. The lowest BCUT2D eigenvalue weighted by Gasteiger charge is -2.38. The van der Waals surface area contributed by atoms with E-state index in [1.165, 1.54) is 25.3 Å². The number of hydrogen-bond acceptors (Lipinski definition) is 5. The number of carboxylic acid groups (broad SMARTS) is 1. The summed E-state index contributed by atoms with van der Waals surface area (Å²) in [5.74, 6) is -1.58. The van der Waals surface area contributed by atoms with Crippen LogP contribution in [0.4, 0.5) is 5.00 Å².